The van der Waals surface area contributed by atoms with Crippen LogP contribution in [0.1, 0.15) is 0 Å². The minimum Gasteiger partial charge on any atom is -0.218 e. The third kappa shape index (κ3) is 1.98. The molecule has 8 heteroatoms. The highest BCUT2D eigenvalue weighted by Crippen LogP contribution is 1.88. The average Bonchev–Trinajstić information content (AvgIpc) is 3.08. The molecule has 4 aromatic rings. The van der Waals surface area contributed by atoms with Crippen molar-refractivity contribution in [2.24, 2.45) is 0 Å². The van der Waals surface area contributed by atoms with Gasteiger partial charge in [0.05, 0.1) is 37.2 Å². The first-order chi connectivity index (χ1) is 8.93. The maximum atomic E-state index is 3.93. The van der Waals surface area contributed by atoms with Crippen LogP contribution in [0.2, 0.25) is 0 Å². The maximum Gasteiger partial charge on any atom is 0.250 e. The molecule has 0 radical (unpaired) electrons. The van der Waals surface area contributed by atoms with Crippen molar-refractivity contribution in [2.75, 3.05) is 0 Å². The van der Waals surface area contributed by atoms with Gasteiger partial charge in [-0.15, -0.1) is 0 Å². The van der Waals surface area contributed by atoms with Crippen LogP contribution in [-0.4, -0.2) is 39.2 Å². The smallest absolute Gasteiger partial charge is 0.218 e. The van der Waals surface area contributed by atoms with E-state index in [9.17, 15) is 0 Å². The van der Waals surface area contributed by atoms with Gasteiger partial charge in [-0.3, -0.25) is 0 Å². The fourth-order valence-corrected chi connectivity index (χ4v) is 1.35. The number of nitrogens with zero attached hydrogens (tertiary/aromatic N) is 8. The van der Waals surface area contributed by atoms with Crippen molar-refractivity contribution in [1.82, 2.24) is 39.2 Å². The number of hydrogen-bond donors (Lipinski definition) is 0. The Bertz CT molecular complexity index is 632. The van der Waals surface area contributed by atoms with Gasteiger partial charge in [0.1, 0.15) is 0 Å². The molecule has 0 spiro atoms. The minimum absolute atomic E-state index is 0.637. The quantitative estimate of drug-likeness (QED) is 0.438. The number of aromatic nitrogens is 8. The Labute approximate surface area is 101 Å². The molecule has 0 atom stereocenters. The second-order valence-corrected chi connectivity index (χ2v) is 3.23. The first kappa shape index (κ1) is 10.3. The Kier molecular flexibility index (Phi) is 2.59. The van der Waals surface area contributed by atoms with Crippen molar-refractivity contribution < 1.29 is 0 Å². The van der Waals surface area contributed by atoms with E-state index in [2.05, 4.69) is 30.1 Å². The molecular weight excluding hydrogens is 232 g/mol. The van der Waals surface area contributed by atoms with Crippen molar-refractivity contribution in [3.63, 3.8) is 0 Å². The van der Waals surface area contributed by atoms with Gasteiger partial charge >= 0.3 is 0 Å². The lowest BCUT2D eigenvalue weighted by Gasteiger charge is -1.84. The van der Waals surface area contributed by atoms with Gasteiger partial charge in [-0.05, 0) is 0 Å². The molecule has 4 heterocycles. The summed E-state index contributed by atoms with van der Waals surface area (Å²) in [5.74, 6) is 1.27. The van der Waals surface area contributed by atoms with Crippen LogP contribution in [0.5, 0.6) is 0 Å². The summed E-state index contributed by atoms with van der Waals surface area (Å²) in [6.45, 7) is 0. The van der Waals surface area contributed by atoms with Gasteiger partial charge in [0, 0.05) is 12.4 Å². The molecule has 0 unspecified atom stereocenters. The Morgan fingerprint density at radius 3 is 1.44 bits per heavy atom. The summed E-state index contributed by atoms with van der Waals surface area (Å²) in [6, 6.07) is 0. The lowest BCUT2D eigenvalue weighted by molar-refractivity contribution is 0.902. The van der Waals surface area contributed by atoms with Crippen LogP contribution in [0, 0.1) is 0 Å². The van der Waals surface area contributed by atoms with Crippen LogP contribution in [-0.2, 0) is 0 Å². The topological polar surface area (TPSA) is 86.2 Å². The van der Waals surface area contributed by atoms with Crippen molar-refractivity contribution in [2.45, 2.75) is 0 Å². The van der Waals surface area contributed by atoms with E-state index in [1.54, 1.807) is 58.6 Å². The van der Waals surface area contributed by atoms with Crippen molar-refractivity contribution in [3.05, 3.63) is 49.6 Å². The van der Waals surface area contributed by atoms with Crippen molar-refractivity contribution in [3.8, 4) is 0 Å². The highest BCUT2D eigenvalue weighted by Gasteiger charge is 1.89. The summed E-state index contributed by atoms with van der Waals surface area (Å²) in [5, 5.41) is 7.87. The van der Waals surface area contributed by atoms with Crippen LogP contribution in [0.25, 0.3) is 11.6 Å². The van der Waals surface area contributed by atoms with Gasteiger partial charge in [-0.25, -0.2) is 29.0 Å². The van der Waals surface area contributed by atoms with E-state index >= 15 is 0 Å². The monoisotopic (exact) mass is 240 g/mol. The van der Waals surface area contributed by atoms with Crippen LogP contribution in [0.15, 0.2) is 49.6 Å². The summed E-state index contributed by atoms with van der Waals surface area (Å²) in [5.41, 5.74) is 0. The molecule has 0 N–H and O–H groups in total. The molecule has 88 valence electrons. The van der Waals surface area contributed by atoms with E-state index < -0.39 is 0 Å². The zero-order valence-electron chi connectivity index (χ0n) is 9.20. The third-order valence-corrected chi connectivity index (χ3v) is 2.10. The van der Waals surface area contributed by atoms with E-state index in [-0.39, 0.29) is 0 Å². The van der Waals surface area contributed by atoms with Crippen LogP contribution in [0.3, 0.4) is 0 Å². The van der Waals surface area contributed by atoms with E-state index in [1.807, 2.05) is 0 Å². The predicted molar refractivity (Wildman–Crippen MR) is 61.6 cm³/mol. The van der Waals surface area contributed by atoms with Crippen LogP contribution in [0.4, 0.5) is 0 Å². The lowest BCUT2D eigenvalue weighted by Crippen LogP contribution is -1.89. The van der Waals surface area contributed by atoms with E-state index in [0.717, 1.165) is 0 Å². The summed E-state index contributed by atoms with van der Waals surface area (Å²) >= 11 is 0. The molecule has 0 aliphatic carbocycles. The Morgan fingerprint density at radius 2 is 1.00 bits per heavy atom. The van der Waals surface area contributed by atoms with Crippen molar-refractivity contribution in [1.29, 1.82) is 0 Å². The number of fused-ring (bicyclic) bond motifs is 2. The van der Waals surface area contributed by atoms with Gasteiger partial charge in [-0.1, -0.05) is 0 Å². The molecule has 4 rings (SSSR count). The highest BCUT2D eigenvalue weighted by molar-refractivity contribution is 5.23. The maximum absolute atomic E-state index is 3.93. The number of hydrogen-bond acceptors (Lipinski definition) is 6. The van der Waals surface area contributed by atoms with Crippen LogP contribution >= 0.6 is 0 Å². The molecule has 4 aromatic heterocycles. The summed E-state index contributed by atoms with van der Waals surface area (Å²) in [6.07, 6.45) is 13.3. The SMILES string of the molecule is c1cnn2ccnc2n1.c1cnn2ccnc2n1. The predicted octanol–water partition coefficient (Wildman–Crippen LogP) is 0.249. The van der Waals surface area contributed by atoms with Crippen LogP contribution < -0.4 is 0 Å². The minimum atomic E-state index is 0.637. The average molecular weight is 240 g/mol. The van der Waals surface area contributed by atoms with Crippen molar-refractivity contribution >= 4 is 11.6 Å². The van der Waals surface area contributed by atoms with Gasteiger partial charge in [0.2, 0.25) is 0 Å². The zero-order chi connectivity index (χ0) is 12.2. The second-order valence-electron chi connectivity index (χ2n) is 3.23. The molecule has 0 amide bonds. The first-order valence-corrected chi connectivity index (χ1v) is 5.14. The molecule has 0 saturated carbocycles. The molecule has 0 aliphatic rings. The Morgan fingerprint density at radius 1 is 0.556 bits per heavy atom. The largest absolute Gasteiger partial charge is 0.250 e. The molecule has 0 aromatic carbocycles. The zero-order valence-corrected chi connectivity index (χ0v) is 9.20. The highest BCUT2D eigenvalue weighted by atomic mass is 15.3. The summed E-state index contributed by atoms with van der Waals surface area (Å²) < 4.78 is 3.22. The van der Waals surface area contributed by atoms with Gasteiger partial charge in [0.25, 0.3) is 11.6 Å². The van der Waals surface area contributed by atoms with Gasteiger partial charge in [-0.2, -0.15) is 10.2 Å². The first-order valence-electron chi connectivity index (χ1n) is 5.14. The normalized spacial score (nSPS) is 10.2. The molecule has 18 heavy (non-hydrogen) atoms. The molecule has 0 aliphatic heterocycles. The standard InChI is InChI=1S/2C5H4N4/c2*1-2-8-9-4-3-7-5(9)6-1/h2*1-4H. The molecule has 8 nitrogen and oxygen atoms in total. The third-order valence-electron chi connectivity index (χ3n) is 2.10. The lowest BCUT2D eigenvalue weighted by atomic mass is 10.9. The summed E-state index contributed by atoms with van der Waals surface area (Å²) in [7, 11) is 0. The Hall–Kier alpha value is -2.90. The second kappa shape index (κ2) is 4.53. The number of rotatable bonds is 0. The van der Waals surface area contributed by atoms with E-state index in [4.69, 9.17) is 0 Å². The fourth-order valence-electron chi connectivity index (χ4n) is 1.35. The van der Waals surface area contributed by atoms with E-state index in [0.29, 0.717) is 11.6 Å². The van der Waals surface area contributed by atoms with Gasteiger partial charge < -0.3 is 0 Å². The van der Waals surface area contributed by atoms with E-state index in [1.165, 1.54) is 0 Å². The fraction of sp³-hybridized carbons (Fsp3) is 0. The molecule has 0 saturated heterocycles. The Balaban J connectivity index is 0.000000111. The molecule has 0 fully saturated rings. The van der Waals surface area contributed by atoms with Gasteiger partial charge in [0.15, 0.2) is 0 Å². The molecular formula is C10H8N8. The summed E-state index contributed by atoms with van der Waals surface area (Å²) in [4.78, 5) is 15.7. The molecule has 0 bridgehead atoms. The number of imidazole rings is 2.